The van der Waals surface area contributed by atoms with Crippen LogP contribution in [-0.2, 0) is 13.1 Å². The van der Waals surface area contributed by atoms with Gasteiger partial charge in [-0.05, 0) is 50.2 Å². The van der Waals surface area contributed by atoms with E-state index in [2.05, 4.69) is 64.9 Å². The van der Waals surface area contributed by atoms with E-state index < -0.39 is 0 Å². The Kier molecular flexibility index (Phi) is 6.12. The molecule has 3 rings (SSSR count). The van der Waals surface area contributed by atoms with E-state index in [-0.39, 0.29) is 6.03 Å². The molecular formula is C21H28N4O. The fourth-order valence-corrected chi connectivity index (χ4v) is 3.29. The molecule has 0 atom stereocenters. The number of hydrogen-bond donors (Lipinski definition) is 2. The van der Waals surface area contributed by atoms with Crippen LogP contribution in [0, 0.1) is 0 Å². The second-order valence-corrected chi connectivity index (χ2v) is 7.07. The van der Waals surface area contributed by atoms with Crippen molar-refractivity contribution in [2.24, 2.45) is 0 Å². The predicted molar refractivity (Wildman–Crippen MR) is 108 cm³/mol. The summed E-state index contributed by atoms with van der Waals surface area (Å²) in [5.41, 5.74) is 4.33. The lowest BCUT2D eigenvalue weighted by atomic mass is 10.1. The molecule has 2 amide bonds. The summed E-state index contributed by atoms with van der Waals surface area (Å²) in [5.74, 6) is 0. The van der Waals surface area contributed by atoms with Crippen LogP contribution in [-0.4, -0.2) is 38.1 Å². The fraction of sp³-hybridized carbons (Fsp3) is 0.381. The van der Waals surface area contributed by atoms with E-state index >= 15 is 0 Å². The van der Waals surface area contributed by atoms with Crippen molar-refractivity contribution >= 4 is 17.4 Å². The van der Waals surface area contributed by atoms with Crippen molar-refractivity contribution in [3.8, 4) is 0 Å². The summed E-state index contributed by atoms with van der Waals surface area (Å²) in [4.78, 5) is 16.8. The van der Waals surface area contributed by atoms with Crippen molar-refractivity contribution in [2.75, 3.05) is 37.4 Å². The molecule has 0 bridgehead atoms. The Labute approximate surface area is 156 Å². The molecule has 1 saturated heterocycles. The zero-order valence-corrected chi connectivity index (χ0v) is 15.7. The number of para-hydroxylation sites is 2. The number of benzene rings is 2. The first kappa shape index (κ1) is 18.3. The van der Waals surface area contributed by atoms with E-state index in [1.54, 1.807) is 0 Å². The van der Waals surface area contributed by atoms with Crippen LogP contribution in [0.5, 0.6) is 0 Å². The lowest BCUT2D eigenvalue weighted by Gasteiger charge is -2.21. The molecular weight excluding hydrogens is 324 g/mol. The molecule has 0 aromatic heterocycles. The molecule has 2 aromatic rings. The van der Waals surface area contributed by atoms with Crippen LogP contribution in [0.1, 0.15) is 24.0 Å². The molecule has 5 heteroatoms. The standard InChI is InChI=1S/C21H28N4O/c1-24(2)16-18-11-9-17(10-12-18)15-22-21(26)23-19-7-3-4-8-20(19)25-13-5-6-14-25/h3-4,7-12H,5-6,13-16H2,1-2H3,(H2,22,23,26). The van der Waals surface area contributed by atoms with Gasteiger partial charge in [-0.2, -0.15) is 0 Å². The van der Waals surface area contributed by atoms with Crippen molar-refractivity contribution in [3.63, 3.8) is 0 Å². The largest absolute Gasteiger partial charge is 0.370 e. The number of rotatable bonds is 6. The highest BCUT2D eigenvalue weighted by Crippen LogP contribution is 2.28. The highest BCUT2D eigenvalue weighted by molar-refractivity contribution is 5.93. The van der Waals surface area contributed by atoms with Crippen molar-refractivity contribution in [1.29, 1.82) is 0 Å². The first-order valence-corrected chi connectivity index (χ1v) is 9.23. The quantitative estimate of drug-likeness (QED) is 0.834. The molecule has 0 aliphatic carbocycles. The third kappa shape index (κ3) is 4.99. The van der Waals surface area contributed by atoms with E-state index in [1.807, 2.05) is 18.2 Å². The highest BCUT2D eigenvalue weighted by atomic mass is 16.2. The number of carbonyl (C=O) groups excluding carboxylic acids is 1. The van der Waals surface area contributed by atoms with Gasteiger partial charge in [-0.1, -0.05) is 36.4 Å². The zero-order valence-electron chi connectivity index (χ0n) is 15.7. The minimum atomic E-state index is -0.172. The van der Waals surface area contributed by atoms with Crippen LogP contribution in [0.2, 0.25) is 0 Å². The van der Waals surface area contributed by atoms with Gasteiger partial charge in [-0.3, -0.25) is 0 Å². The number of nitrogens with one attached hydrogen (secondary N) is 2. The van der Waals surface area contributed by atoms with Crippen LogP contribution in [0.3, 0.4) is 0 Å². The van der Waals surface area contributed by atoms with Crippen molar-refractivity contribution in [1.82, 2.24) is 10.2 Å². The Bertz CT molecular complexity index is 721. The van der Waals surface area contributed by atoms with Crippen LogP contribution >= 0.6 is 0 Å². The van der Waals surface area contributed by atoms with Crippen LogP contribution in [0.15, 0.2) is 48.5 Å². The van der Waals surface area contributed by atoms with Gasteiger partial charge in [0.1, 0.15) is 0 Å². The minimum Gasteiger partial charge on any atom is -0.370 e. The van der Waals surface area contributed by atoms with Gasteiger partial charge >= 0.3 is 6.03 Å². The molecule has 2 aromatic carbocycles. The third-order valence-electron chi connectivity index (χ3n) is 4.57. The van der Waals surface area contributed by atoms with Gasteiger partial charge in [0.15, 0.2) is 0 Å². The molecule has 1 fully saturated rings. The second kappa shape index (κ2) is 8.72. The number of hydrogen-bond acceptors (Lipinski definition) is 3. The normalized spacial score (nSPS) is 13.9. The molecule has 5 nitrogen and oxygen atoms in total. The molecule has 0 spiro atoms. The number of amides is 2. The Balaban J connectivity index is 1.54. The molecule has 138 valence electrons. The molecule has 0 radical (unpaired) electrons. The van der Waals surface area contributed by atoms with Crippen LogP contribution < -0.4 is 15.5 Å². The summed E-state index contributed by atoms with van der Waals surface area (Å²) in [6.07, 6.45) is 2.43. The number of nitrogens with zero attached hydrogens (tertiary/aromatic N) is 2. The monoisotopic (exact) mass is 352 g/mol. The fourth-order valence-electron chi connectivity index (χ4n) is 3.29. The van der Waals surface area contributed by atoms with Crippen LogP contribution in [0.4, 0.5) is 16.2 Å². The van der Waals surface area contributed by atoms with E-state index in [1.165, 1.54) is 18.4 Å². The van der Waals surface area contributed by atoms with Gasteiger partial charge in [-0.25, -0.2) is 4.79 Å². The average molecular weight is 352 g/mol. The molecule has 0 saturated carbocycles. The van der Waals surface area contributed by atoms with Crippen LogP contribution in [0.25, 0.3) is 0 Å². The van der Waals surface area contributed by atoms with Gasteiger partial charge in [0.05, 0.1) is 11.4 Å². The summed E-state index contributed by atoms with van der Waals surface area (Å²) in [6.45, 7) is 3.54. The summed E-state index contributed by atoms with van der Waals surface area (Å²) in [6, 6.07) is 16.2. The predicted octanol–water partition coefficient (Wildman–Crippen LogP) is 3.67. The maximum Gasteiger partial charge on any atom is 0.319 e. The van der Waals surface area contributed by atoms with Crippen molar-refractivity contribution in [2.45, 2.75) is 25.9 Å². The summed E-state index contributed by atoms with van der Waals surface area (Å²) in [7, 11) is 4.11. The molecule has 1 heterocycles. The molecule has 26 heavy (non-hydrogen) atoms. The van der Waals surface area contributed by atoms with Gasteiger partial charge in [0, 0.05) is 26.2 Å². The molecule has 1 aliphatic rings. The Morgan fingerprint density at radius 1 is 1.00 bits per heavy atom. The van der Waals surface area contributed by atoms with E-state index in [0.29, 0.717) is 6.54 Å². The maximum absolute atomic E-state index is 12.3. The average Bonchev–Trinajstić information content (AvgIpc) is 3.16. The number of carbonyl (C=O) groups is 1. The Morgan fingerprint density at radius 2 is 1.65 bits per heavy atom. The van der Waals surface area contributed by atoms with E-state index in [9.17, 15) is 4.79 Å². The third-order valence-corrected chi connectivity index (χ3v) is 4.57. The smallest absolute Gasteiger partial charge is 0.319 e. The summed E-state index contributed by atoms with van der Waals surface area (Å²) in [5, 5.41) is 5.94. The first-order valence-electron chi connectivity index (χ1n) is 9.23. The van der Waals surface area contributed by atoms with Crippen molar-refractivity contribution in [3.05, 3.63) is 59.7 Å². The molecule has 0 unspecified atom stereocenters. The van der Waals surface area contributed by atoms with Crippen molar-refractivity contribution < 1.29 is 4.79 Å². The first-order chi connectivity index (χ1) is 12.6. The SMILES string of the molecule is CN(C)Cc1ccc(CNC(=O)Nc2ccccc2N2CCCC2)cc1. The van der Waals surface area contributed by atoms with E-state index in [0.717, 1.165) is 36.6 Å². The highest BCUT2D eigenvalue weighted by Gasteiger charge is 2.16. The summed E-state index contributed by atoms with van der Waals surface area (Å²) >= 11 is 0. The topological polar surface area (TPSA) is 47.6 Å². The maximum atomic E-state index is 12.3. The zero-order chi connectivity index (χ0) is 18.4. The Hall–Kier alpha value is -2.53. The molecule has 1 aliphatic heterocycles. The lowest BCUT2D eigenvalue weighted by molar-refractivity contribution is 0.251. The van der Waals surface area contributed by atoms with Gasteiger partial charge in [0.2, 0.25) is 0 Å². The lowest BCUT2D eigenvalue weighted by Crippen LogP contribution is -2.29. The number of urea groups is 1. The number of anilines is 2. The minimum absolute atomic E-state index is 0.172. The Morgan fingerprint density at radius 3 is 2.35 bits per heavy atom. The molecule has 2 N–H and O–H groups in total. The second-order valence-electron chi connectivity index (χ2n) is 7.07. The van der Waals surface area contributed by atoms with E-state index in [4.69, 9.17) is 0 Å². The van der Waals surface area contributed by atoms with Gasteiger partial charge in [0.25, 0.3) is 0 Å². The van der Waals surface area contributed by atoms with Gasteiger partial charge in [-0.15, -0.1) is 0 Å². The van der Waals surface area contributed by atoms with Gasteiger partial charge < -0.3 is 20.4 Å². The summed E-state index contributed by atoms with van der Waals surface area (Å²) < 4.78 is 0.